The summed E-state index contributed by atoms with van der Waals surface area (Å²) in [6, 6.07) is 14.2. The van der Waals surface area contributed by atoms with Crippen LogP contribution < -0.4 is 15.5 Å². The fraction of sp³-hybridized carbons (Fsp3) is 0.600. The smallest absolute Gasteiger partial charge is 0.251 e. The van der Waals surface area contributed by atoms with E-state index >= 15 is 0 Å². The number of piperidine rings is 1. The Morgan fingerprint density at radius 3 is 2.51 bits per heavy atom. The van der Waals surface area contributed by atoms with Crippen LogP contribution in [0.1, 0.15) is 67.9 Å². The Morgan fingerprint density at radius 1 is 1.09 bits per heavy atom. The third-order valence-electron chi connectivity index (χ3n) is 10.2. The molecule has 3 unspecified atom stereocenters. The molecule has 0 radical (unpaired) electrons. The summed E-state index contributed by atoms with van der Waals surface area (Å²) in [5.74, 6) is -0.0886. The van der Waals surface area contributed by atoms with Gasteiger partial charge in [0.2, 0.25) is 5.91 Å². The van der Waals surface area contributed by atoms with E-state index in [4.69, 9.17) is 9.47 Å². The van der Waals surface area contributed by atoms with Gasteiger partial charge in [0, 0.05) is 68.8 Å². The second-order valence-corrected chi connectivity index (χ2v) is 13.2. The first-order chi connectivity index (χ1) is 20.8. The van der Waals surface area contributed by atoms with Crippen molar-refractivity contribution in [3.63, 3.8) is 0 Å². The Hall–Kier alpha value is -2.94. The Labute approximate surface area is 256 Å². The van der Waals surface area contributed by atoms with Crippen molar-refractivity contribution in [2.24, 2.45) is 11.8 Å². The Balaban J connectivity index is 1.27. The molecule has 0 aromatic heterocycles. The predicted octanol–water partition coefficient (Wildman–Crippen LogP) is 4.53. The van der Waals surface area contributed by atoms with E-state index in [0.29, 0.717) is 30.3 Å². The summed E-state index contributed by atoms with van der Waals surface area (Å²) in [4.78, 5) is 31.5. The number of morpholine rings is 1. The van der Waals surface area contributed by atoms with Crippen LogP contribution in [0.3, 0.4) is 0 Å². The molecule has 4 heterocycles. The summed E-state index contributed by atoms with van der Waals surface area (Å²) in [7, 11) is 0. The minimum atomic E-state index is -0.220. The summed E-state index contributed by atoms with van der Waals surface area (Å²) < 4.78 is 11.5. The molecule has 0 saturated carbocycles. The molecule has 5 atom stereocenters. The fourth-order valence-corrected chi connectivity index (χ4v) is 7.71. The van der Waals surface area contributed by atoms with Gasteiger partial charge >= 0.3 is 0 Å². The maximum atomic E-state index is 13.8. The topological polar surface area (TPSA) is 83.1 Å². The van der Waals surface area contributed by atoms with E-state index in [1.54, 1.807) is 0 Å². The van der Waals surface area contributed by atoms with Gasteiger partial charge in [0.25, 0.3) is 5.91 Å². The maximum Gasteiger partial charge on any atom is 0.251 e. The number of fused-ring (bicyclic) bond motifs is 2. The Bertz CT molecular complexity index is 1310. The van der Waals surface area contributed by atoms with Crippen LogP contribution in [0, 0.1) is 18.8 Å². The van der Waals surface area contributed by atoms with Gasteiger partial charge in [-0.05, 0) is 86.8 Å². The highest BCUT2D eigenvalue weighted by atomic mass is 16.5. The lowest BCUT2D eigenvalue weighted by molar-refractivity contribution is -0.129. The number of benzene rings is 2. The number of carbonyl (C=O) groups is 2. The van der Waals surface area contributed by atoms with Crippen LogP contribution in [0.2, 0.25) is 0 Å². The SMILES string of the molecule is CCN(c1cc(-c2ccc(CN3C[C@H]4C[C@@H]3CO4)cc2)cc(C(=O)NCC2C(=O)NC(C)CC2C)c1C)C1CCOCC1. The largest absolute Gasteiger partial charge is 0.381 e. The molecular weight excluding hydrogens is 540 g/mol. The van der Waals surface area contributed by atoms with Gasteiger partial charge in [-0.3, -0.25) is 14.5 Å². The summed E-state index contributed by atoms with van der Waals surface area (Å²) in [5, 5.41) is 6.19. The molecule has 2 amide bonds. The summed E-state index contributed by atoms with van der Waals surface area (Å²) >= 11 is 0. The highest BCUT2D eigenvalue weighted by Gasteiger charge is 2.38. The van der Waals surface area contributed by atoms with Crippen molar-refractivity contribution in [1.82, 2.24) is 15.5 Å². The quantitative estimate of drug-likeness (QED) is 0.448. The molecule has 4 fully saturated rings. The van der Waals surface area contributed by atoms with Gasteiger partial charge < -0.3 is 25.0 Å². The molecule has 8 heteroatoms. The van der Waals surface area contributed by atoms with E-state index in [1.807, 2.05) is 13.0 Å². The summed E-state index contributed by atoms with van der Waals surface area (Å²) in [6.07, 6.45) is 4.43. The number of anilines is 1. The Morgan fingerprint density at radius 2 is 1.86 bits per heavy atom. The number of amides is 2. The van der Waals surface area contributed by atoms with Gasteiger partial charge in [-0.2, -0.15) is 0 Å². The van der Waals surface area contributed by atoms with Crippen LogP contribution in [-0.2, 0) is 20.8 Å². The lowest BCUT2D eigenvalue weighted by Gasteiger charge is -2.37. The van der Waals surface area contributed by atoms with Crippen molar-refractivity contribution >= 4 is 17.5 Å². The van der Waals surface area contributed by atoms with Crippen molar-refractivity contribution in [1.29, 1.82) is 0 Å². The van der Waals surface area contributed by atoms with Crippen molar-refractivity contribution in [2.45, 2.75) is 84.2 Å². The first-order valence-corrected chi connectivity index (χ1v) is 16.3. The van der Waals surface area contributed by atoms with Gasteiger partial charge in [-0.1, -0.05) is 31.2 Å². The van der Waals surface area contributed by atoms with E-state index in [1.165, 1.54) is 5.56 Å². The minimum absolute atomic E-state index is 0.0313. The van der Waals surface area contributed by atoms with E-state index in [2.05, 4.69) is 71.5 Å². The molecule has 2 N–H and O–H groups in total. The van der Waals surface area contributed by atoms with Gasteiger partial charge in [0.15, 0.2) is 0 Å². The molecule has 43 heavy (non-hydrogen) atoms. The van der Waals surface area contributed by atoms with Crippen LogP contribution in [0.25, 0.3) is 11.1 Å². The monoisotopic (exact) mass is 588 g/mol. The number of hydrogen-bond acceptors (Lipinski definition) is 6. The van der Waals surface area contributed by atoms with Crippen LogP contribution >= 0.6 is 0 Å². The molecule has 2 aromatic carbocycles. The zero-order valence-corrected chi connectivity index (χ0v) is 26.2. The normalized spacial score (nSPS) is 27.7. The average molecular weight is 589 g/mol. The maximum absolute atomic E-state index is 13.8. The number of ether oxygens (including phenoxy) is 2. The third kappa shape index (κ3) is 6.47. The fourth-order valence-electron chi connectivity index (χ4n) is 7.71. The van der Waals surface area contributed by atoms with Crippen molar-refractivity contribution in [3.05, 3.63) is 53.1 Å². The van der Waals surface area contributed by atoms with Gasteiger partial charge in [-0.25, -0.2) is 0 Å². The van der Waals surface area contributed by atoms with Crippen molar-refractivity contribution < 1.29 is 19.1 Å². The number of hydrogen-bond donors (Lipinski definition) is 2. The van der Waals surface area contributed by atoms with Crippen molar-refractivity contribution in [3.8, 4) is 11.1 Å². The highest BCUT2D eigenvalue weighted by molar-refractivity contribution is 5.99. The number of nitrogens with zero attached hydrogens (tertiary/aromatic N) is 2. The highest BCUT2D eigenvalue weighted by Crippen LogP contribution is 2.35. The first kappa shape index (κ1) is 30.1. The molecule has 4 aliphatic heterocycles. The van der Waals surface area contributed by atoms with Crippen LogP contribution in [-0.4, -0.2) is 80.4 Å². The first-order valence-electron chi connectivity index (χ1n) is 16.3. The van der Waals surface area contributed by atoms with Crippen molar-refractivity contribution in [2.75, 3.05) is 44.4 Å². The number of carbonyl (C=O) groups excluding carboxylic acids is 2. The van der Waals surface area contributed by atoms with E-state index in [9.17, 15) is 9.59 Å². The second-order valence-electron chi connectivity index (χ2n) is 13.2. The van der Waals surface area contributed by atoms with Gasteiger partial charge in [-0.15, -0.1) is 0 Å². The average Bonchev–Trinajstić information content (AvgIpc) is 3.62. The molecule has 0 spiro atoms. The van der Waals surface area contributed by atoms with Crippen LogP contribution in [0.15, 0.2) is 36.4 Å². The van der Waals surface area contributed by atoms with Gasteiger partial charge in [0.05, 0.1) is 18.6 Å². The lowest BCUT2D eigenvalue weighted by atomic mass is 9.84. The summed E-state index contributed by atoms with van der Waals surface area (Å²) in [5.41, 5.74) is 6.19. The standard InChI is InChI=1S/C35H48N4O4/c1-5-39(28-10-12-42-13-11-28)33-16-27(26-8-6-25(7-9-26)19-38-20-30-17-29(38)21-43-30)15-31(24(33)4)34(40)36-18-32-22(2)14-23(3)37-35(32)41/h6-9,15-16,22-23,28-30,32H,5,10-14,17-21H2,1-4H3,(H,36,40)(H,37,41)/t22?,23?,29-,30-,32?/m1/s1. The number of rotatable bonds is 9. The molecule has 4 saturated heterocycles. The molecule has 2 bridgehead atoms. The van der Waals surface area contributed by atoms with E-state index in [-0.39, 0.29) is 29.7 Å². The number of nitrogens with one attached hydrogen (secondary N) is 2. The Kier molecular flexibility index (Phi) is 9.08. The van der Waals surface area contributed by atoms with E-state index < -0.39 is 0 Å². The summed E-state index contributed by atoms with van der Waals surface area (Å²) in [6.45, 7) is 13.9. The third-order valence-corrected chi connectivity index (χ3v) is 10.2. The molecule has 2 aromatic rings. The van der Waals surface area contributed by atoms with Crippen LogP contribution in [0.5, 0.6) is 0 Å². The van der Waals surface area contributed by atoms with Crippen LogP contribution in [0.4, 0.5) is 5.69 Å². The molecule has 6 rings (SSSR count). The lowest BCUT2D eigenvalue weighted by Crippen LogP contribution is -2.50. The second kappa shape index (κ2) is 13.0. The van der Waals surface area contributed by atoms with E-state index in [0.717, 1.165) is 87.5 Å². The van der Waals surface area contributed by atoms with Gasteiger partial charge in [0.1, 0.15) is 0 Å². The number of likely N-dealkylation sites (tertiary alicyclic amines) is 1. The zero-order chi connectivity index (χ0) is 30.1. The molecule has 232 valence electrons. The predicted molar refractivity (Wildman–Crippen MR) is 169 cm³/mol. The molecular formula is C35H48N4O4. The molecule has 4 aliphatic rings. The zero-order valence-electron chi connectivity index (χ0n) is 26.2. The molecule has 0 aliphatic carbocycles. The minimum Gasteiger partial charge on any atom is -0.381 e. The molecule has 8 nitrogen and oxygen atoms in total.